The zero-order valence-electron chi connectivity index (χ0n) is 15.4. The number of nitrogens with one attached hydrogen (secondary N) is 1. The number of rotatable bonds is 4. The Morgan fingerprint density at radius 3 is 2.81 bits per heavy atom. The second-order valence-electron chi connectivity index (χ2n) is 6.55. The van der Waals surface area contributed by atoms with E-state index in [0.717, 1.165) is 46.8 Å². The van der Waals surface area contributed by atoms with E-state index in [1.165, 1.54) is 0 Å². The normalized spacial score (nSPS) is 16.0. The Morgan fingerprint density at radius 2 is 2.15 bits per heavy atom. The first kappa shape index (κ1) is 17.5. The molecule has 0 aliphatic carbocycles. The molecule has 0 aromatic carbocycles. The van der Waals surface area contributed by atoms with Crippen molar-refractivity contribution in [3.8, 4) is 11.4 Å². The molecule has 0 unspecified atom stereocenters. The van der Waals surface area contributed by atoms with Crippen molar-refractivity contribution in [2.45, 2.75) is 12.8 Å². The number of nitrogens with zero attached hydrogens (tertiary/aromatic N) is 5. The molecule has 0 bridgehead atoms. The van der Waals surface area contributed by atoms with E-state index in [-0.39, 0.29) is 0 Å². The third-order valence-corrected chi connectivity index (χ3v) is 5.21. The lowest BCUT2D eigenvalue weighted by atomic mass is 9.99. The number of pyridine rings is 1. The van der Waals surface area contributed by atoms with Gasteiger partial charge >= 0.3 is 0 Å². The second kappa shape index (κ2) is 7.04. The topological polar surface area (TPSA) is 62.6 Å². The van der Waals surface area contributed by atoms with Crippen LogP contribution in [-0.2, 0) is 7.05 Å². The molecule has 6 nitrogen and oxygen atoms in total. The lowest BCUT2D eigenvalue weighted by molar-refractivity contribution is 0.500. The van der Waals surface area contributed by atoms with Gasteiger partial charge in [-0.05, 0) is 19.1 Å². The number of anilines is 1. The van der Waals surface area contributed by atoms with Crippen LogP contribution in [0.25, 0.3) is 23.5 Å². The molecule has 4 heterocycles. The number of H-pyrrole nitrogens is 1. The van der Waals surface area contributed by atoms with Gasteiger partial charge in [0.2, 0.25) is 0 Å². The molecule has 7 heteroatoms. The maximum Gasteiger partial charge on any atom is 0.142 e. The monoisotopic (exact) mass is 380 g/mol. The summed E-state index contributed by atoms with van der Waals surface area (Å²) in [5.74, 6) is 3.14. The highest BCUT2D eigenvalue weighted by atomic mass is 35.5. The molecular weight excluding hydrogens is 360 g/mol. The van der Waals surface area contributed by atoms with Gasteiger partial charge in [0.1, 0.15) is 17.5 Å². The molecular formula is C20H21ClN6. The van der Waals surface area contributed by atoms with Gasteiger partial charge in [-0.2, -0.15) is 0 Å². The number of hydrogen-bond acceptors (Lipinski definition) is 4. The molecule has 1 fully saturated rings. The summed E-state index contributed by atoms with van der Waals surface area (Å²) in [5.41, 5.74) is 0.873. The molecule has 1 aliphatic heterocycles. The molecule has 4 rings (SSSR count). The molecule has 138 valence electrons. The predicted molar refractivity (Wildman–Crippen MR) is 109 cm³/mol. The lowest BCUT2D eigenvalue weighted by Gasteiger charge is -2.39. The highest BCUT2D eigenvalue weighted by Crippen LogP contribution is 2.33. The fraction of sp³-hybridized carbons (Fsp3) is 0.250. The molecule has 3 aromatic rings. The minimum absolute atomic E-state index is 0.407. The first-order chi connectivity index (χ1) is 13.1. The lowest BCUT2D eigenvalue weighted by Crippen LogP contribution is -2.46. The van der Waals surface area contributed by atoms with Crippen LogP contribution in [0.5, 0.6) is 0 Å². The number of hydrogen-bond donors (Lipinski definition) is 1. The van der Waals surface area contributed by atoms with Gasteiger partial charge in [-0.25, -0.2) is 15.0 Å². The van der Waals surface area contributed by atoms with Gasteiger partial charge in [0.05, 0.1) is 21.6 Å². The minimum Gasteiger partial charge on any atom is -0.355 e. The Balaban J connectivity index is 1.69. The Labute approximate surface area is 162 Å². The van der Waals surface area contributed by atoms with Crippen molar-refractivity contribution in [2.75, 3.05) is 18.0 Å². The van der Waals surface area contributed by atoms with Crippen molar-refractivity contribution < 1.29 is 0 Å². The SMILES string of the molecule is C=CC=c1c(=CC)nc(-c2cc(N3CC(c4ncc[nH]4)C3)ncc2Cl)n1C. The molecule has 0 radical (unpaired) electrons. The molecule has 1 saturated heterocycles. The summed E-state index contributed by atoms with van der Waals surface area (Å²) < 4.78 is 2.03. The highest BCUT2D eigenvalue weighted by molar-refractivity contribution is 6.33. The smallest absolute Gasteiger partial charge is 0.142 e. The van der Waals surface area contributed by atoms with E-state index in [0.29, 0.717) is 10.9 Å². The van der Waals surface area contributed by atoms with Crippen LogP contribution in [0, 0.1) is 0 Å². The molecule has 0 saturated carbocycles. The summed E-state index contributed by atoms with van der Waals surface area (Å²) in [6.07, 6.45) is 11.1. The van der Waals surface area contributed by atoms with Crippen molar-refractivity contribution in [1.82, 2.24) is 24.5 Å². The van der Waals surface area contributed by atoms with E-state index in [1.807, 2.05) is 43.0 Å². The van der Waals surface area contributed by atoms with E-state index in [4.69, 9.17) is 16.6 Å². The number of aromatic nitrogens is 5. The average molecular weight is 381 g/mol. The molecule has 0 spiro atoms. The molecule has 1 aliphatic rings. The van der Waals surface area contributed by atoms with E-state index in [9.17, 15) is 0 Å². The van der Waals surface area contributed by atoms with Gasteiger partial charge in [0, 0.05) is 44.3 Å². The van der Waals surface area contributed by atoms with E-state index in [2.05, 4.69) is 26.4 Å². The molecule has 0 atom stereocenters. The first-order valence-corrected chi connectivity index (χ1v) is 9.22. The predicted octanol–water partition coefficient (Wildman–Crippen LogP) is 2.23. The van der Waals surface area contributed by atoms with Crippen molar-refractivity contribution in [1.29, 1.82) is 0 Å². The van der Waals surface area contributed by atoms with Gasteiger partial charge in [-0.1, -0.05) is 30.3 Å². The second-order valence-corrected chi connectivity index (χ2v) is 6.96. The van der Waals surface area contributed by atoms with Crippen LogP contribution >= 0.6 is 11.6 Å². The zero-order valence-corrected chi connectivity index (χ0v) is 16.1. The van der Waals surface area contributed by atoms with Gasteiger partial charge in [0.15, 0.2) is 0 Å². The van der Waals surface area contributed by atoms with Gasteiger partial charge in [0.25, 0.3) is 0 Å². The van der Waals surface area contributed by atoms with Gasteiger partial charge in [-0.3, -0.25) is 0 Å². The maximum atomic E-state index is 6.47. The zero-order chi connectivity index (χ0) is 19.0. The Hall–Kier alpha value is -2.86. The first-order valence-electron chi connectivity index (χ1n) is 8.84. The molecule has 27 heavy (non-hydrogen) atoms. The fourth-order valence-electron chi connectivity index (χ4n) is 3.41. The van der Waals surface area contributed by atoms with Crippen LogP contribution < -0.4 is 15.6 Å². The Kier molecular flexibility index (Phi) is 4.58. The third kappa shape index (κ3) is 3.06. The van der Waals surface area contributed by atoms with Crippen LogP contribution in [0.3, 0.4) is 0 Å². The molecule has 0 amide bonds. The minimum atomic E-state index is 0.407. The van der Waals surface area contributed by atoms with Gasteiger partial charge in [-0.15, -0.1) is 0 Å². The van der Waals surface area contributed by atoms with Crippen LogP contribution in [0.2, 0.25) is 5.02 Å². The summed E-state index contributed by atoms with van der Waals surface area (Å²) in [6, 6.07) is 2.01. The number of aromatic amines is 1. The Morgan fingerprint density at radius 1 is 1.33 bits per heavy atom. The Bertz CT molecular complexity index is 1090. The van der Waals surface area contributed by atoms with Crippen LogP contribution in [0.15, 0.2) is 37.3 Å². The standard InChI is InChI=1S/C20H21ClN6/c1-4-6-17-16(5-2)25-20(26(17)3)14-9-18(24-10-15(14)21)27-11-13(12-27)19-22-7-8-23-19/h4-10,13H,1,11-12H2,2-3H3,(H,22,23). The summed E-state index contributed by atoms with van der Waals surface area (Å²) >= 11 is 6.47. The fourth-order valence-corrected chi connectivity index (χ4v) is 3.59. The van der Waals surface area contributed by atoms with Gasteiger partial charge < -0.3 is 14.5 Å². The number of imidazole rings is 2. The van der Waals surface area contributed by atoms with Crippen LogP contribution in [0.4, 0.5) is 5.82 Å². The quantitative estimate of drug-likeness (QED) is 0.754. The maximum absolute atomic E-state index is 6.47. The summed E-state index contributed by atoms with van der Waals surface area (Å²) in [6.45, 7) is 7.53. The van der Waals surface area contributed by atoms with Crippen molar-refractivity contribution in [2.24, 2.45) is 7.05 Å². The molecule has 1 N–H and O–H groups in total. The highest BCUT2D eigenvalue weighted by Gasteiger charge is 2.31. The summed E-state index contributed by atoms with van der Waals surface area (Å²) in [4.78, 5) is 19.0. The van der Waals surface area contributed by atoms with Crippen LogP contribution in [-0.4, -0.2) is 37.6 Å². The van der Waals surface area contributed by atoms with Crippen LogP contribution in [0.1, 0.15) is 18.7 Å². The third-order valence-electron chi connectivity index (χ3n) is 4.91. The number of allylic oxidation sites excluding steroid dienone is 1. The van der Waals surface area contributed by atoms with E-state index >= 15 is 0 Å². The number of halogens is 1. The molecule has 3 aromatic heterocycles. The largest absolute Gasteiger partial charge is 0.355 e. The summed E-state index contributed by atoms with van der Waals surface area (Å²) in [5, 5.41) is 2.49. The summed E-state index contributed by atoms with van der Waals surface area (Å²) in [7, 11) is 1.98. The van der Waals surface area contributed by atoms with Crippen molar-refractivity contribution in [3.63, 3.8) is 0 Å². The van der Waals surface area contributed by atoms with E-state index < -0.39 is 0 Å². The van der Waals surface area contributed by atoms with E-state index in [1.54, 1.807) is 18.5 Å². The van der Waals surface area contributed by atoms with Crippen molar-refractivity contribution >= 4 is 29.6 Å². The average Bonchev–Trinajstić information content (AvgIpc) is 3.25. The van der Waals surface area contributed by atoms with Crippen molar-refractivity contribution in [3.05, 3.63) is 58.9 Å².